The molecule has 4 rings (SSSR count). The van der Waals surface area contributed by atoms with Gasteiger partial charge in [-0.05, 0) is 55.2 Å². The molecule has 72 heavy (non-hydrogen) atoms. The lowest BCUT2D eigenvalue weighted by Gasteiger charge is -2.48. The zero-order valence-electron chi connectivity index (χ0n) is 39.9. The van der Waals surface area contributed by atoms with Gasteiger partial charge in [0.05, 0.1) is 39.1 Å². The first kappa shape index (κ1) is 59.6. The molecule has 0 aliphatic carbocycles. The standard InChI is InChI=1S/C46H69N5O21/c1-24(56)31(20-53)68-44(30(58)19-52)72-42-38(62)32(21-54)69-46(40(42)64)71-41-33(22-55)70-45(37(39(41)63)51-25(2)57)66-17-5-14-48-36(61)23-67-29-12-10-26(11-13-29)27-6-3-7-28(18-27)43(65)50-16-15-49-35(60)9-4-8-34(47)59/h3,6-7,10-13,18,24,30-33,37-42,44-46,52-56,58,62-64H,4-5,8-9,14-17,19-23H2,1-2H3,(H2,47,59)(H,48,61)(H,49,60)(H,50,65)(H,51,57)/t24-,30+,31?,32?,33?,37?,38?,39?,40?,41?,42?,44?,45?,46?/m1/s1. The molecule has 26 heteroatoms. The van der Waals surface area contributed by atoms with E-state index in [1.54, 1.807) is 42.5 Å². The Balaban J connectivity index is 1.25. The highest BCUT2D eigenvalue weighted by Gasteiger charge is 2.53. The van der Waals surface area contributed by atoms with Crippen LogP contribution in [0, 0.1) is 0 Å². The molecule has 404 valence electrons. The number of benzene rings is 2. The van der Waals surface area contributed by atoms with Crippen LogP contribution in [-0.2, 0) is 47.6 Å². The molecular weight excluding hydrogens is 959 g/mol. The van der Waals surface area contributed by atoms with Crippen LogP contribution in [-0.4, -0.2) is 221 Å². The minimum absolute atomic E-state index is 0.0870. The molecule has 5 amide bonds. The molecule has 0 bridgehead atoms. The average molecular weight is 1030 g/mol. The summed E-state index contributed by atoms with van der Waals surface area (Å²) in [6.45, 7) is -0.871. The second-order valence-electron chi connectivity index (χ2n) is 17.0. The second-order valence-corrected chi connectivity index (χ2v) is 17.0. The highest BCUT2D eigenvalue weighted by atomic mass is 16.8. The second kappa shape index (κ2) is 30.2. The van der Waals surface area contributed by atoms with Gasteiger partial charge in [-0.2, -0.15) is 0 Å². The number of ether oxygens (including phenoxy) is 7. The SMILES string of the molecule is CC(=O)NC1C(OCCCNC(=O)COc2ccc(-c3cccc(C(=O)NCCNC(=O)CCCC(N)=O)c3)cc2)OC(CO)C(OC2OC(CO)C(O)C(OC(OC(CO)[C@@H](C)O)[C@@H](O)CO)C2O)C1O. The minimum atomic E-state index is -1.99. The fourth-order valence-electron chi connectivity index (χ4n) is 7.46. The van der Waals surface area contributed by atoms with Gasteiger partial charge >= 0.3 is 0 Å². The Morgan fingerprint density at radius 3 is 2.07 bits per heavy atom. The molecule has 26 nitrogen and oxygen atoms in total. The quantitative estimate of drug-likeness (QED) is 0.0257. The number of rotatable bonds is 30. The van der Waals surface area contributed by atoms with Crippen molar-refractivity contribution in [1.29, 1.82) is 0 Å². The number of carbonyl (C=O) groups is 5. The zero-order valence-corrected chi connectivity index (χ0v) is 39.9. The molecule has 0 radical (unpaired) electrons. The average Bonchev–Trinajstić information content (AvgIpc) is 3.36. The molecular formula is C46H69N5O21. The molecule has 2 aliphatic rings. The predicted molar refractivity (Wildman–Crippen MR) is 247 cm³/mol. The lowest BCUT2D eigenvalue weighted by atomic mass is 9.95. The number of primary amides is 1. The molecule has 0 aromatic heterocycles. The van der Waals surface area contributed by atoms with Crippen molar-refractivity contribution in [3.8, 4) is 16.9 Å². The topological polar surface area (TPSA) is 406 Å². The summed E-state index contributed by atoms with van der Waals surface area (Å²) in [4.78, 5) is 60.3. The van der Waals surface area contributed by atoms with Crippen molar-refractivity contribution in [2.75, 3.05) is 59.3 Å². The molecule has 2 aromatic rings. The third kappa shape index (κ3) is 18.2. The molecule has 0 saturated carbocycles. The molecule has 0 spiro atoms. The third-order valence-electron chi connectivity index (χ3n) is 11.3. The number of aliphatic hydroxyl groups excluding tert-OH is 9. The van der Waals surface area contributed by atoms with Gasteiger partial charge in [-0.1, -0.05) is 24.3 Å². The number of carbonyl (C=O) groups excluding carboxylic acids is 5. The Bertz CT molecular complexity index is 2000. The number of hydrogen-bond donors (Lipinski definition) is 14. The summed E-state index contributed by atoms with van der Waals surface area (Å²) in [6.07, 6.45) is -20.6. The van der Waals surface area contributed by atoms with Crippen LogP contribution >= 0.6 is 0 Å². The molecule has 2 aliphatic heterocycles. The van der Waals surface area contributed by atoms with Gasteiger partial charge in [0.15, 0.2) is 25.5 Å². The van der Waals surface area contributed by atoms with E-state index in [2.05, 4.69) is 21.3 Å². The van der Waals surface area contributed by atoms with Crippen molar-refractivity contribution in [1.82, 2.24) is 21.3 Å². The van der Waals surface area contributed by atoms with Crippen LogP contribution in [0.25, 0.3) is 11.1 Å². The molecule has 2 saturated heterocycles. The van der Waals surface area contributed by atoms with Crippen LogP contribution in [0.5, 0.6) is 5.75 Å². The van der Waals surface area contributed by atoms with Crippen LogP contribution < -0.4 is 31.7 Å². The zero-order chi connectivity index (χ0) is 52.9. The maximum atomic E-state index is 12.7. The smallest absolute Gasteiger partial charge is 0.257 e. The van der Waals surface area contributed by atoms with Crippen LogP contribution in [0.3, 0.4) is 0 Å². The number of aliphatic hydroxyl groups is 9. The van der Waals surface area contributed by atoms with Gasteiger partial charge in [0.2, 0.25) is 17.7 Å². The van der Waals surface area contributed by atoms with Crippen LogP contribution in [0.4, 0.5) is 0 Å². The number of nitrogens with two attached hydrogens (primary N) is 1. The van der Waals surface area contributed by atoms with Gasteiger partial charge in [-0.15, -0.1) is 0 Å². The summed E-state index contributed by atoms with van der Waals surface area (Å²) in [7, 11) is 0. The number of amides is 5. The third-order valence-corrected chi connectivity index (χ3v) is 11.3. The maximum Gasteiger partial charge on any atom is 0.257 e. The summed E-state index contributed by atoms with van der Waals surface area (Å²) in [5, 5.41) is 104. The largest absolute Gasteiger partial charge is 0.484 e. The highest BCUT2D eigenvalue weighted by molar-refractivity contribution is 5.95. The van der Waals surface area contributed by atoms with Crippen molar-refractivity contribution >= 4 is 29.5 Å². The summed E-state index contributed by atoms with van der Waals surface area (Å²) in [6, 6.07) is 12.4. The lowest BCUT2D eigenvalue weighted by molar-refractivity contribution is -0.366. The van der Waals surface area contributed by atoms with E-state index >= 15 is 0 Å². The Labute approximate surface area is 414 Å². The Morgan fingerprint density at radius 1 is 0.750 bits per heavy atom. The summed E-state index contributed by atoms with van der Waals surface area (Å²) < 4.78 is 39.9. The van der Waals surface area contributed by atoms with Crippen molar-refractivity contribution in [2.24, 2.45) is 5.73 Å². The van der Waals surface area contributed by atoms with Crippen LogP contribution in [0.2, 0.25) is 0 Å². The first-order valence-electron chi connectivity index (χ1n) is 23.3. The van der Waals surface area contributed by atoms with Crippen molar-refractivity contribution < 1.29 is 103 Å². The van der Waals surface area contributed by atoms with Gasteiger partial charge in [0, 0.05) is 45.0 Å². The van der Waals surface area contributed by atoms with Crippen molar-refractivity contribution in [3.05, 3.63) is 54.1 Å². The molecule has 12 unspecified atom stereocenters. The van der Waals surface area contributed by atoms with E-state index in [-0.39, 0.29) is 63.9 Å². The fraction of sp³-hybridized carbons (Fsp3) is 0.630. The van der Waals surface area contributed by atoms with E-state index in [4.69, 9.17) is 38.9 Å². The first-order valence-corrected chi connectivity index (χ1v) is 23.3. The minimum Gasteiger partial charge on any atom is -0.484 e. The monoisotopic (exact) mass is 1030 g/mol. The number of nitrogens with one attached hydrogen (secondary N) is 4. The predicted octanol–water partition coefficient (Wildman–Crippen LogP) is -5.01. The molecule has 2 heterocycles. The Hall–Kier alpha value is -5.01. The van der Waals surface area contributed by atoms with Crippen molar-refractivity contribution in [3.63, 3.8) is 0 Å². The summed E-state index contributed by atoms with van der Waals surface area (Å²) in [5.41, 5.74) is 7.00. The van der Waals surface area contributed by atoms with Crippen LogP contribution in [0.1, 0.15) is 49.9 Å². The van der Waals surface area contributed by atoms with Gasteiger partial charge < -0.3 is 106 Å². The molecule has 15 N–H and O–H groups in total. The van der Waals surface area contributed by atoms with Gasteiger partial charge in [0.1, 0.15) is 66.7 Å². The maximum absolute atomic E-state index is 12.7. The van der Waals surface area contributed by atoms with Gasteiger partial charge in [-0.25, -0.2) is 0 Å². The Morgan fingerprint density at radius 2 is 1.43 bits per heavy atom. The van der Waals surface area contributed by atoms with E-state index < -0.39 is 130 Å². The highest BCUT2D eigenvalue weighted by Crippen LogP contribution is 2.32. The molecule has 2 fully saturated rings. The molecule has 14 atom stereocenters. The Kier molecular flexibility index (Phi) is 25.0. The van der Waals surface area contributed by atoms with E-state index in [1.165, 1.54) is 6.92 Å². The molecule has 2 aromatic carbocycles. The summed E-state index contributed by atoms with van der Waals surface area (Å²) >= 11 is 0. The normalized spacial score (nSPS) is 25.8. The van der Waals surface area contributed by atoms with E-state index in [1.807, 2.05) is 6.07 Å². The van der Waals surface area contributed by atoms with E-state index in [0.29, 0.717) is 17.7 Å². The fourth-order valence-corrected chi connectivity index (χ4v) is 7.46. The van der Waals surface area contributed by atoms with Gasteiger partial charge in [0.25, 0.3) is 11.8 Å². The number of hydrogen-bond acceptors (Lipinski definition) is 21. The first-order chi connectivity index (χ1) is 34.4. The van der Waals surface area contributed by atoms with Crippen molar-refractivity contribution in [2.45, 2.75) is 125 Å². The van der Waals surface area contributed by atoms with E-state index in [0.717, 1.165) is 18.1 Å². The summed E-state index contributed by atoms with van der Waals surface area (Å²) in [5.74, 6) is -1.75. The van der Waals surface area contributed by atoms with E-state index in [9.17, 15) is 69.9 Å². The lowest BCUT2D eigenvalue weighted by Crippen LogP contribution is -2.68. The van der Waals surface area contributed by atoms with Gasteiger partial charge in [-0.3, -0.25) is 24.0 Å². The van der Waals surface area contributed by atoms with Crippen LogP contribution in [0.15, 0.2) is 48.5 Å².